The van der Waals surface area contributed by atoms with Gasteiger partial charge in [-0.25, -0.2) is 4.68 Å². The number of methoxy groups -OCH3 is 1. The van der Waals surface area contributed by atoms with Gasteiger partial charge in [0.05, 0.1) is 31.1 Å². The minimum absolute atomic E-state index is 0.127. The number of rotatable bonds is 7. The predicted octanol–water partition coefficient (Wildman–Crippen LogP) is 4.88. The number of hydrogen-bond acceptors (Lipinski definition) is 6. The second-order valence-electron chi connectivity index (χ2n) is 9.68. The molecule has 1 atom stereocenters. The van der Waals surface area contributed by atoms with Gasteiger partial charge in [0.1, 0.15) is 18.0 Å². The highest BCUT2D eigenvalue weighted by Gasteiger charge is 2.38. The van der Waals surface area contributed by atoms with E-state index in [2.05, 4.69) is 10.4 Å². The number of benzene rings is 3. The Balaban J connectivity index is 1.45. The van der Waals surface area contributed by atoms with Crippen LogP contribution < -0.4 is 15.0 Å². The van der Waals surface area contributed by atoms with Gasteiger partial charge >= 0.3 is 0 Å². The van der Waals surface area contributed by atoms with Gasteiger partial charge in [0.25, 0.3) is 17.7 Å². The molecule has 2 heterocycles. The molecule has 11 heteroatoms. The number of hydrogen-bond donors (Lipinski definition) is 1. The monoisotopic (exact) mass is 556 g/mol. The van der Waals surface area contributed by atoms with Crippen molar-refractivity contribution in [1.82, 2.24) is 14.7 Å². The van der Waals surface area contributed by atoms with Crippen molar-refractivity contribution in [3.05, 3.63) is 107 Å². The maximum absolute atomic E-state index is 15.1. The van der Waals surface area contributed by atoms with Crippen molar-refractivity contribution >= 4 is 23.2 Å². The molecular weight excluding hydrogens is 530 g/mol. The molecule has 4 aromatic rings. The van der Waals surface area contributed by atoms with Crippen LogP contribution in [0.2, 0.25) is 0 Å². The van der Waals surface area contributed by atoms with Crippen molar-refractivity contribution in [2.75, 3.05) is 38.0 Å². The zero-order valence-corrected chi connectivity index (χ0v) is 22.5. The third kappa shape index (κ3) is 5.01. The number of aromatic nitrogens is 2. The summed E-state index contributed by atoms with van der Waals surface area (Å²) in [6, 6.07) is 19.5. The van der Waals surface area contributed by atoms with Crippen LogP contribution in [0.25, 0.3) is 0 Å². The number of halogens is 2. The normalized spacial score (nSPS) is 14.9. The number of fused-ring (bicyclic) bond motifs is 1. The van der Waals surface area contributed by atoms with Crippen LogP contribution in [0.4, 0.5) is 20.2 Å². The Kier molecular flexibility index (Phi) is 7.26. The number of anilines is 2. The number of amides is 2. The molecule has 5 rings (SSSR count). The van der Waals surface area contributed by atoms with E-state index < -0.39 is 23.9 Å². The minimum Gasteiger partial charge on any atom is -0.495 e. The summed E-state index contributed by atoms with van der Waals surface area (Å²) < 4.78 is 36.9. The molecule has 0 radical (unpaired) electrons. The smallest absolute Gasteiger partial charge is 0.298 e. The summed E-state index contributed by atoms with van der Waals surface area (Å²) in [5.74, 6) is -3.87. The number of carbonyl (C=O) groups excluding carboxylic acids is 2. The third-order valence-corrected chi connectivity index (χ3v) is 6.98. The van der Waals surface area contributed by atoms with Crippen LogP contribution in [0, 0.1) is 11.3 Å². The minimum atomic E-state index is -3.21. The highest BCUT2D eigenvalue weighted by molar-refractivity contribution is 6.13. The molecule has 9 nitrogen and oxygen atoms in total. The van der Waals surface area contributed by atoms with Crippen LogP contribution in [0.3, 0.4) is 0 Å². The van der Waals surface area contributed by atoms with E-state index >= 15 is 8.78 Å². The van der Waals surface area contributed by atoms with Gasteiger partial charge in [-0.15, -0.1) is 0 Å². The van der Waals surface area contributed by atoms with Crippen LogP contribution in [-0.2, 0) is 5.92 Å². The highest BCUT2D eigenvalue weighted by Crippen LogP contribution is 2.37. The number of alkyl halides is 2. The molecule has 0 spiro atoms. The summed E-state index contributed by atoms with van der Waals surface area (Å²) in [7, 11) is 5.08. The fourth-order valence-electron chi connectivity index (χ4n) is 4.74. The van der Waals surface area contributed by atoms with Crippen LogP contribution in [0.5, 0.6) is 5.75 Å². The molecule has 0 bridgehead atoms. The fraction of sp³-hybridized carbons (Fsp3) is 0.200. The third-order valence-electron chi connectivity index (χ3n) is 6.98. The highest BCUT2D eigenvalue weighted by atomic mass is 19.3. The lowest BCUT2D eigenvalue weighted by molar-refractivity contribution is 0.0428. The number of nitriles is 1. The average molecular weight is 557 g/mol. The molecule has 3 aromatic carbocycles. The Bertz CT molecular complexity index is 1650. The van der Waals surface area contributed by atoms with Crippen LogP contribution in [0.1, 0.15) is 43.7 Å². The average Bonchev–Trinajstić information content (AvgIpc) is 3.41. The SMILES string of the molecule is COc1ccc(C(=O)Nc2cnn3c2C(=O)N(c2ccc(C(F)(F)c4ccccc4)cc2)CC3N(C)C)cc1C#N. The van der Waals surface area contributed by atoms with E-state index in [9.17, 15) is 14.9 Å². The summed E-state index contributed by atoms with van der Waals surface area (Å²) in [4.78, 5) is 30.2. The lowest BCUT2D eigenvalue weighted by Crippen LogP contribution is -2.48. The van der Waals surface area contributed by atoms with E-state index in [0.717, 1.165) is 0 Å². The van der Waals surface area contributed by atoms with Gasteiger partial charge in [0, 0.05) is 22.4 Å². The van der Waals surface area contributed by atoms with Gasteiger partial charge in [0.15, 0.2) is 5.69 Å². The second kappa shape index (κ2) is 10.8. The van der Waals surface area contributed by atoms with Gasteiger partial charge in [-0.1, -0.05) is 42.5 Å². The molecule has 208 valence electrons. The Hall–Kier alpha value is -5.08. The zero-order valence-electron chi connectivity index (χ0n) is 22.5. The maximum Gasteiger partial charge on any atom is 0.298 e. The molecule has 1 unspecified atom stereocenters. The van der Waals surface area contributed by atoms with E-state index in [4.69, 9.17) is 4.74 Å². The largest absolute Gasteiger partial charge is 0.495 e. The first-order valence-corrected chi connectivity index (χ1v) is 12.6. The first-order valence-electron chi connectivity index (χ1n) is 12.6. The molecule has 0 aliphatic carbocycles. The van der Waals surface area contributed by atoms with E-state index in [0.29, 0.717) is 11.4 Å². The lowest BCUT2D eigenvalue weighted by atomic mass is 10.00. The summed E-state index contributed by atoms with van der Waals surface area (Å²) in [6.07, 6.45) is 0.994. The van der Waals surface area contributed by atoms with Crippen molar-refractivity contribution in [2.45, 2.75) is 12.1 Å². The van der Waals surface area contributed by atoms with E-state index in [-0.39, 0.29) is 40.2 Å². The summed E-state index contributed by atoms with van der Waals surface area (Å²) in [6.45, 7) is 0.201. The van der Waals surface area contributed by atoms with E-state index in [1.165, 1.54) is 77.5 Å². The van der Waals surface area contributed by atoms with Gasteiger partial charge in [-0.3, -0.25) is 14.5 Å². The van der Waals surface area contributed by atoms with Crippen LogP contribution in [-0.4, -0.2) is 54.2 Å². The Morgan fingerprint density at radius 1 is 1.10 bits per heavy atom. The van der Waals surface area contributed by atoms with Gasteiger partial charge < -0.3 is 15.0 Å². The molecule has 0 saturated heterocycles. The first kappa shape index (κ1) is 27.5. The molecular formula is C30H26F2N6O3. The van der Waals surface area contributed by atoms with Crippen molar-refractivity contribution in [1.29, 1.82) is 5.26 Å². The van der Waals surface area contributed by atoms with Crippen molar-refractivity contribution in [2.24, 2.45) is 0 Å². The molecule has 1 aliphatic rings. The standard InChI is InChI=1S/C30H26F2N6O3/c1-36(2)26-18-37(23-12-10-22(11-13-23)30(31,32)21-7-5-4-6-8-21)29(40)27-24(17-34-38(26)27)35-28(39)19-9-14-25(41-3)20(15-19)16-33/h4-15,17,26H,18H2,1-3H3,(H,35,39). The van der Waals surface area contributed by atoms with Crippen LogP contribution >= 0.6 is 0 Å². The molecule has 0 saturated carbocycles. The number of ether oxygens (including phenoxy) is 1. The van der Waals surface area contributed by atoms with Gasteiger partial charge in [0.2, 0.25) is 0 Å². The van der Waals surface area contributed by atoms with Gasteiger partial charge in [-0.05, 0) is 44.4 Å². The van der Waals surface area contributed by atoms with Crippen molar-refractivity contribution < 1.29 is 23.1 Å². The number of likely N-dealkylation sites (N-methyl/N-ethyl adjacent to an activating group) is 1. The van der Waals surface area contributed by atoms with E-state index in [1.807, 2.05) is 25.1 Å². The zero-order chi connectivity index (χ0) is 29.3. The number of nitrogens with one attached hydrogen (secondary N) is 1. The number of carbonyl (C=O) groups is 2. The molecule has 1 aromatic heterocycles. The number of nitrogens with zero attached hydrogens (tertiary/aromatic N) is 5. The Morgan fingerprint density at radius 2 is 1.78 bits per heavy atom. The van der Waals surface area contributed by atoms with Crippen molar-refractivity contribution in [3.8, 4) is 11.8 Å². The quantitative estimate of drug-likeness (QED) is 0.348. The topological polar surface area (TPSA) is 103 Å². The molecule has 1 N–H and O–H groups in total. The van der Waals surface area contributed by atoms with E-state index in [1.54, 1.807) is 18.2 Å². The van der Waals surface area contributed by atoms with Gasteiger partial charge in [-0.2, -0.15) is 19.1 Å². The predicted molar refractivity (Wildman–Crippen MR) is 148 cm³/mol. The maximum atomic E-state index is 15.1. The second-order valence-corrected chi connectivity index (χ2v) is 9.68. The molecule has 2 amide bonds. The Labute approximate surface area is 235 Å². The van der Waals surface area contributed by atoms with Crippen LogP contribution in [0.15, 0.2) is 79.0 Å². The molecule has 1 aliphatic heterocycles. The summed E-state index contributed by atoms with van der Waals surface area (Å²) >= 11 is 0. The Morgan fingerprint density at radius 3 is 2.41 bits per heavy atom. The molecule has 41 heavy (non-hydrogen) atoms. The first-order chi connectivity index (χ1) is 19.6. The summed E-state index contributed by atoms with van der Waals surface area (Å²) in [5.41, 5.74) is 0.796. The fourth-order valence-corrected chi connectivity index (χ4v) is 4.74. The lowest BCUT2D eigenvalue weighted by Gasteiger charge is -2.37. The molecule has 0 fully saturated rings. The summed E-state index contributed by atoms with van der Waals surface area (Å²) in [5, 5.41) is 16.5. The van der Waals surface area contributed by atoms with Crippen molar-refractivity contribution in [3.63, 3.8) is 0 Å².